The van der Waals surface area contributed by atoms with Crippen molar-refractivity contribution in [3.63, 3.8) is 0 Å². The first-order valence-electron chi connectivity index (χ1n) is 6.55. The Morgan fingerprint density at radius 1 is 1.39 bits per heavy atom. The Balaban J connectivity index is 2.17. The minimum atomic E-state index is 0.0836. The summed E-state index contributed by atoms with van der Waals surface area (Å²) in [5, 5.41) is 0. The largest absolute Gasteiger partial charge is 0.335 e. The van der Waals surface area contributed by atoms with Gasteiger partial charge in [-0.2, -0.15) is 0 Å². The number of hydrogen-bond acceptors (Lipinski definition) is 2. The molecule has 1 unspecified atom stereocenters. The summed E-state index contributed by atoms with van der Waals surface area (Å²) in [6, 6.07) is 8.54. The molecular formula is C15H21N3. The molecule has 0 fully saturated rings. The zero-order valence-corrected chi connectivity index (χ0v) is 11.1. The lowest BCUT2D eigenvalue weighted by Crippen LogP contribution is -2.06. The summed E-state index contributed by atoms with van der Waals surface area (Å²) in [4.78, 5) is 4.44. The van der Waals surface area contributed by atoms with E-state index in [0.717, 1.165) is 25.2 Å². The molecule has 18 heavy (non-hydrogen) atoms. The maximum absolute atomic E-state index is 5.91. The molecule has 0 radical (unpaired) electrons. The molecule has 1 aromatic heterocycles. The lowest BCUT2D eigenvalue weighted by Gasteiger charge is -2.09. The second kappa shape index (κ2) is 5.83. The maximum Gasteiger partial charge on any atom is 0.113 e. The van der Waals surface area contributed by atoms with Crippen LogP contribution in [-0.2, 0) is 13.0 Å². The van der Waals surface area contributed by atoms with Crippen LogP contribution in [0.5, 0.6) is 0 Å². The molecule has 0 aliphatic carbocycles. The highest BCUT2D eigenvalue weighted by molar-refractivity contribution is 5.27. The molecule has 96 valence electrons. The van der Waals surface area contributed by atoms with Crippen LogP contribution in [0.15, 0.2) is 36.7 Å². The summed E-state index contributed by atoms with van der Waals surface area (Å²) in [5.74, 6) is 1.12. The van der Waals surface area contributed by atoms with E-state index in [4.69, 9.17) is 5.73 Å². The first-order chi connectivity index (χ1) is 8.70. The van der Waals surface area contributed by atoms with E-state index in [0.29, 0.717) is 0 Å². The lowest BCUT2D eigenvalue weighted by atomic mass is 10.0. The fourth-order valence-electron chi connectivity index (χ4n) is 2.12. The molecule has 0 aliphatic heterocycles. The van der Waals surface area contributed by atoms with Crippen molar-refractivity contribution in [1.29, 1.82) is 0 Å². The van der Waals surface area contributed by atoms with Gasteiger partial charge in [-0.1, -0.05) is 31.2 Å². The fraction of sp³-hybridized carbons (Fsp3) is 0.400. The summed E-state index contributed by atoms with van der Waals surface area (Å²) in [6.45, 7) is 5.22. The first kappa shape index (κ1) is 12.8. The van der Waals surface area contributed by atoms with Crippen LogP contribution in [0, 0.1) is 0 Å². The number of nitrogens with two attached hydrogens (primary N) is 1. The molecule has 0 bridgehead atoms. The van der Waals surface area contributed by atoms with Gasteiger partial charge in [-0.15, -0.1) is 0 Å². The summed E-state index contributed by atoms with van der Waals surface area (Å²) in [7, 11) is 0. The Labute approximate surface area is 109 Å². The molecule has 1 aromatic carbocycles. The third-order valence-electron chi connectivity index (χ3n) is 3.11. The molecule has 0 saturated carbocycles. The molecule has 2 rings (SSSR count). The third-order valence-corrected chi connectivity index (χ3v) is 3.11. The summed E-state index contributed by atoms with van der Waals surface area (Å²) >= 11 is 0. The third kappa shape index (κ3) is 2.99. The van der Waals surface area contributed by atoms with Crippen LogP contribution < -0.4 is 5.73 Å². The molecule has 1 atom stereocenters. The SMILES string of the molecule is CCCn1ccnc1Cc1cccc(C(C)N)c1. The average molecular weight is 243 g/mol. The van der Waals surface area contributed by atoms with Crippen molar-refractivity contribution < 1.29 is 0 Å². The molecule has 0 spiro atoms. The van der Waals surface area contributed by atoms with Crippen LogP contribution >= 0.6 is 0 Å². The van der Waals surface area contributed by atoms with Crippen LogP contribution in [0.25, 0.3) is 0 Å². The van der Waals surface area contributed by atoms with E-state index >= 15 is 0 Å². The predicted molar refractivity (Wildman–Crippen MR) is 74.4 cm³/mol. The van der Waals surface area contributed by atoms with Crippen LogP contribution in [0.1, 0.15) is 43.3 Å². The Hall–Kier alpha value is -1.61. The first-order valence-corrected chi connectivity index (χ1v) is 6.55. The Morgan fingerprint density at radius 2 is 2.22 bits per heavy atom. The van der Waals surface area contributed by atoms with Gasteiger partial charge in [-0.3, -0.25) is 0 Å². The van der Waals surface area contributed by atoms with Crippen molar-refractivity contribution in [2.24, 2.45) is 5.73 Å². The number of hydrogen-bond donors (Lipinski definition) is 1. The normalized spacial score (nSPS) is 12.6. The fourth-order valence-corrected chi connectivity index (χ4v) is 2.12. The van der Waals surface area contributed by atoms with Gasteiger partial charge in [0.1, 0.15) is 5.82 Å². The minimum Gasteiger partial charge on any atom is -0.335 e. The van der Waals surface area contributed by atoms with Gasteiger partial charge in [-0.05, 0) is 24.5 Å². The molecule has 3 heteroatoms. The molecule has 1 heterocycles. The van der Waals surface area contributed by atoms with E-state index in [9.17, 15) is 0 Å². The van der Waals surface area contributed by atoms with E-state index in [-0.39, 0.29) is 6.04 Å². The second-order valence-electron chi connectivity index (χ2n) is 4.75. The van der Waals surface area contributed by atoms with E-state index in [1.807, 2.05) is 19.3 Å². The van der Waals surface area contributed by atoms with Gasteiger partial charge in [-0.25, -0.2) is 4.98 Å². The molecule has 0 saturated heterocycles. The van der Waals surface area contributed by atoms with E-state index in [1.165, 1.54) is 11.1 Å². The number of nitrogens with zero attached hydrogens (tertiary/aromatic N) is 2. The number of aryl methyl sites for hydroxylation is 1. The number of benzene rings is 1. The predicted octanol–water partition coefficient (Wildman–Crippen LogP) is 2.90. The van der Waals surface area contributed by atoms with Crippen LogP contribution in [0.2, 0.25) is 0 Å². The van der Waals surface area contributed by atoms with Gasteiger partial charge in [0.25, 0.3) is 0 Å². The highest BCUT2D eigenvalue weighted by Crippen LogP contribution is 2.14. The highest BCUT2D eigenvalue weighted by Gasteiger charge is 2.05. The summed E-state index contributed by atoms with van der Waals surface area (Å²) < 4.78 is 2.22. The van der Waals surface area contributed by atoms with Crippen LogP contribution in [-0.4, -0.2) is 9.55 Å². The van der Waals surface area contributed by atoms with Crippen LogP contribution in [0.4, 0.5) is 0 Å². The van der Waals surface area contributed by atoms with E-state index in [2.05, 4.69) is 40.7 Å². The average Bonchev–Trinajstić information content (AvgIpc) is 2.77. The Morgan fingerprint density at radius 3 is 2.94 bits per heavy atom. The van der Waals surface area contributed by atoms with E-state index < -0.39 is 0 Å². The number of rotatable bonds is 5. The minimum absolute atomic E-state index is 0.0836. The van der Waals surface area contributed by atoms with Crippen molar-refractivity contribution in [3.8, 4) is 0 Å². The molecule has 0 aliphatic rings. The molecule has 3 nitrogen and oxygen atoms in total. The second-order valence-corrected chi connectivity index (χ2v) is 4.75. The van der Waals surface area contributed by atoms with Gasteiger partial charge in [0, 0.05) is 31.4 Å². The highest BCUT2D eigenvalue weighted by atomic mass is 15.1. The topological polar surface area (TPSA) is 43.8 Å². The maximum atomic E-state index is 5.91. The number of aromatic nitrogens is 2. The zero-order valence-electron chi connectivity index (χ0n) is 11.1. The lowest BCUT2D eigenvalue weighted by molar-refractivity contribution is 0.646. The van der Waals surface area contributed by atoms with Crippen LogP contribution in [0.3, 0.4) is 0 Å². The van der Waals surface area contributed by atoms with Gasteiger partial charge in [0.15, 0.2) is 0 Å². The van der Waals surface area contributed by atoms with Gasteiger partial charge < -0.3 is 10.3 Å². The molecular weight excluding hydrogens is 222 g/mol. The standard InChI is InChI=1S/C15H21N3/c1-3-8-18-9-7-17-15(18)11-13-5-4-6-14(10-13)12(2)16/h4-7,9-10,12H,3,8,11,16H2,1-2H3. The smallest absolute Gasteiger partial charge is 0.113 e. The van der Waals surface area contributed by atoms with Crippen molar-refractivity contribution in [2.45, 2.75) is 39.3 Å². The van der Waals surface area contributed by atoms with Gasteiger partial charge in [0.05, 0.1) is 0 Å². The summed E-state index contributed by atoms with van der Waals surface area (Å²) in [6.07, 6.45) is 5.92. The Bertz CT molecular complexity index is 500. The zero-order chi connectivity index (χ0) is 13.0. The van der Waals surface area contributed by atoms with Crippen molar-refractivity contribution in [1.82, 2.24) is 9.55 Å². The molecule has 2 N–H and O–H groups in total. The molecule has 2 aromatic rings. The van der Waals surface area contributed by atoms with Gasteiger partial charge in [0.2, 0.25) is 0 Å². The Kier molecular flexibility index (Phi) is 4.15. The van der Waals surface area contributed by atoms with Crippen molar-refractivity contribution in [2.75, 3.05) is 0 Å². The molecule has 0 amide bonds. The van der Waals surface area contributed by atoms with E-state index in [1.54, 1.807) is 0 Å². The van der Waals surface area contributed by atoms with Crippen molar-refractivity contribution >= 4 is 0 Å². The van der Waals surface area contributed by atoms with Crippen molar-refractivity contribution in [3.05, 3.63) is 53.6 Å². The van der Waals surface area contributed by atoms with Gasteiger partial charge >= 0.3 is 0 Å². The number of imidazole rings is 1. The quantitative estimate of drug-likeness (QED) is 0.877. The summed E-state index contributed by atoms with van der Waals surface area (Å²) in [5.41, 5.74) is 8.37. The monoisotopic (exact) mass is 243 g/mol.